The highest BCUT2D eigenvalue weighted by atomic mass is 16.5. The van der Waals surface area contributed by atoms with Crippen molar-refractivity contribution in [1.82, 2.24) is 0 Å². The summed E-state index contributed by atoms with van der Waals surface area (Å²) in [6.45, 7) is 8.44. The van der Waals surface area contributed by atoms with Crippen LogP contribution in [0, 0.1) is 5.41 Å². The Morgan fingerprint density at radius 1 is 1.33 bits per heavy atom. The van der Waals surface area contributed by atoms with E-state index >= 15 is 0 Å². The molecule has 1 atom stereocenters. The third kappa shape index (κ3) is 2.84. The van der Waals surface area contributed by atoms with Gasteiger partial charge in [0.05, 0.1) is 12.0 Å². The third-order valence-electron chi connectivity index (χ3n) is 2.35. The van der Waals surface area contributed by atoms with E-state index in [4.69, 9.17) is 4.74 Å². The van der Waals surface area contributed by atoms with E-state index in [9.17, 15) is 4.79 Å². The molecule has 0 rings (SSSR count). The molecule has 0 bridgehead atoms. The smallest absolute Gasteiger partial charge is 0.311 e. The molecule has 0 aliphatic carbocycles. The molecule has 0 saturated heterocycles. The van der Waals surface area contributed by atoms with Gasteiger partial charge in [0.2, 0.25) is 0 Å². The van der Waals surface area contributed by atoms with Crippen LogP contribution in [0.1, 0.15) is 47.0 Å². The van der Waals surface area contributed by atoms with Gasteiger partial charge in [0.1, 0.15) is 0 Å². The van der Waals surface area contributed by atoms with Crippen LogP contribution in [0.3, 0.4) is 0 Å². The molecule has 72 valence electrons. The third-order valence-corrected chi connectivity index (χ3v) is 2.35. The highest BCUT2D eigenvalue weighted by molar-refractivity contribution is 5.76. The molecule has 2 nitrogen and oxygen atoms in total. The van der Waals surface area contributed by atoms with E-state index < -0.39 is 0 Å². The minimum absolute atomic E-state index is 0.0469. The Labute approximate surface area is 75.3 Å². The van der Waals surface area contributed by atoms with Crippen molar-refractivity contribution in [3.63, 3.8) is 0 Å². The highest BCUT2D eigenvalue weighted by Crippen LogP contribution is 2.28. The number of hydrogen-bond donors (Lipinski definition) is 0. The summed E-state index contributed by atoms with van der Waals surface area (Å²) in [7, 11) is 0. The van der Waals surface area contributed by atoms with Gasteiger partial charge in [0, 0.05) is 0 Å². The summed E-state index contributed by atoms with van der Waals surface area (Å²) in [6, 6.07) is 0. The summed E-state index contributed by atoms with van der Waals surface area (Å²) in [5, 5.41) is 0. The molecule has 2 heteroatoms. The van der Waals surface area contributed by atoms with E-state index in [1.165, 1.54) is 0 Å². The molecular weight excluding hydrogens is 152 g/mol. The van der Waals surface area contributed by atoms with Crippen LogP contribution in [-0.4, -0.2) is 12.6 Å². The van der Waals surface area contributed by atoms with Gasteiger partial charge >= 0.3 is 5.97 Å². The van der Waals surface area contributed by atoms with E-state index in [1.54, 1.807) is 0 Å². The molecule has 12 heavy (non-hydrogen) atoms. The van der Waals surface area contributed by atoms with Crippen molar-refractivity contribution >= 4 is 5.97 Å². The second-order valence-electron chi connectivity index (χ2n) is 3.38. The van der Waals surface area contributed by atoms with Crippen molar-refractivity contribution in [1.29, 1.82) is 0 Å². The molecule has 0 aromatic rings. The minimum atomic E-state index is -0.259. The van der Waals surface area contributed by atoms with Crippen LogP contribution >= 0.6 is 0 Å². The predicted molar refractivity (Wildman–Crippen MR) is 49.9 cm³/mol. The molecule has 1 unspecified atom stereocenters. The zero-order valence-electron chi connectivity index (χ0n) is 8.64. The molecule has 0 aliphatic rings. The summed E-state index contributed by atoms with van der Waals surface area (Å²) in [4.78, 5) is 11.5. The number of ether oxygens (including phenoxy) is 1. The largest absolute Gasteiger partial charge is 0.466 e. The zero-order chi connectivity index (χ0) is 9.61. The standard InChI is InChI=1S/C10H20O2/c1-5-8-10(4,6-2)9(11)12-7-3/h5-8H2,1-4H3. The van der Waals surface area contributed by atoms with Crippen LogP contribution in [0.2, 0.25) is 0 Å². The van der Waals surface area contributed by atoms with Crippen molar-refractivity contribution in [2.75, 3.05) is 6.61 Å². The summed E-state index contributed by atoms with van der Waals surface area (Å²) >= 11 is 0. The predicted octanol–water partition coefficient (Wildman–Crippen LogP) is 2.77. The Morgan fingerprint density at radius 3 is 2.25 bits per heavy atom. The van der Waals surface area contributed by atoms with E-state index in [-0.39, 0.29) is 11.4 Å². The number of carbonyl (C=O) groups excluding carboxylic acids is 1. The van der Waals surface area contributed by atoms with Gasteiger partial charge in [-0.3, -0.25) is 4.79 Å². The average Bonchev–Trinajstić information content (AvgIpc) is 2.05. The number of rotatable bonds is 5. The topological polar surface area (TPSA) is 26.3 Å². The fourth-order valence-corrected chi connectivity index (χ4v) is 1.28. The maximum Gasteiger partial charge on any atom is 0.311 e. The van der Waals surface area contributed by atoms with E-state index in [0.29, 0.717) is 6.61 Å². The quantitative estimate of drug-likeness (QED) is 0.596. The summed E-state index contributed by atoms with van der Waals surface area (Å²) < 4.78 is 5.01. The van der Waals surface area contributed by atoms with Gasteiger partial charge in [-0.15, -0.1) is 0 Å². The van der Waals surface area contributed by atoms with Gasteiger partial charge < -0.3 is 4.74 Å². The molecular formula is C10H20O2. The van der Waals surface area contributed by atoms with E-state index in [0.717, 1.165) is 19.3 Å². The van der Waals surface area contributed by atoms with Crippen LogP contribution in [0.4, 0.5) is 0 Å². The lowest BCUT2D eigenvalue weighted by Crippen LogP contribution is -2.29. The minimum Gasteiger partial charge on any atom is -0.466 e. The van der Waals surface area contributed by atoms with Gasteiger partial charge in [-0.05, 0) is 26.7 Å². The molecule has 0 heterocycles. The first-order valence-corrected chi connectivity index (χ1v) is 4.78. The summed E-state index contributed by atoms with van der Waals surface area (Å²) in [5.41, 5.74) is -0.259. The van der Waals surface area contributed by atoms with Crippen molar-refractivity contribution in [3.05, 3.63) is 0 Å². The van der Waals surface area contributed by atoms with Gasteiger partial charge in [0.25, 0.3) is 0 Å². The Bertz CT molecular complexity index is 143. The zero-order valence-corrected chi connectivity index (χ0v) is 8.64. The Hall–Kier alpha value is -0.530. The fraction of sp³-hybridized carbons (Fsp3) is 0.900. The van der Waals surface area contributed by atoms with Gasteiger partial charge in [-0.2, -0.15) is 0 Å². The average molecular weight is 172 g/mol. The van der Waals surface area contributed by atoms with Crippen LogP contribution in [-0.2, 0) is 9.53 Å². The Morgan fingerprint density at radius 2 is 1.92 bits per heavy atom. The molecule has 0 saturated carbocycles. The molecule has 0 aromatic heterocycles. The number of esters is 1. The van der Waals surface area contributed by atoms with Gasteiger partial charge in [-0.25, -0.2) is 0 Å². The second kappa shape index (κ2) is 5.18. The lowest BCUT2D eigenvalue weighted by molar-refractivity contribution is -0.155. The van der Waals surface area contributed by atoms with Crippen molar-refractivity contribution < 1.29 is 9.53 Å². The van der Waals surface area contributed by atoms with Crippen LogP contribution in [0.15, 0.2) is 0 Å². The Balaban J connectivity index is 4.18. The first kappa shape index (κ1) is 11.5. The molecule has 0 radical (unpaired) electrons. The second-order valence-corrected chi connectivity index (χ2v) is 3.38. The van der Waals surface area contributed by atoms with Crippen LogP contribution in [0.5, 0.6) is 0 Å². The lowest BCUT2D eigenvalue weighted by Gasteiger charge is -2.24. The molecule has 0 aromatic carbocycles. The van der Waals surface area contributed by atoms with E-state index in [1.807, 2.05) is 20.8 Å². The molecule has 0 amide bonds. The maximum absolute atomic E-state index is 11.5. The normalized spacial score (nSPS) is 15.3. The maximum atomic E-state index is 11.5. The Kier molecular flexibility index (Phi) is 4.95. The van der Waals surface area contributed by atoms with Crippen molar-refractivity contribution in [2.24, 2.45) is 5.41 Å². The van der Waals surface area contributed by atoms with Crippen molar-refractivity contribution in [2.45, 2.75) is 47.0 Å². The van der Waals surface area contributed by atoms with Gasteiger partial charge in [0.15, 0.2) is 0 Å². The van der Waals surface area contributed by atoms with Crippen LogP contribution in [0.25, 0.3) is 0 Å². The number of hydrogen-bond acceptors (Lipinski definition) is 2. The first-order chi connectivity index (χ1) is 5.60. The SMILES string of the molecule is CCCC(C)(CC)C(=O)OCC. The first-order valence-electron chi connectivity index (χ1n) is 4.78. The monoisotopic (exact) mass is 172 g/mol. The fourth-order valence-electron chi connectivity index (χ4n) is 1.28. The molecule has 0 spiro atoms. The van der Waals surface area contributed by atoms with Crippen LogP contribution < -0.4 is 0 Å². The van der Waals surface area contributed by atoms with E-state index in [2.05, 4.69) is 6.92 Å². The summed E-state index contributed by atoms with van der Waals surface area (Å²) in [5.74, 6) is -0.0469. The molecule has 0 fully saturated rings. The van der Waals surface area contributed by atoms with Crippen molar-refractivity contribution in [3.8, 4) is 0 Å². The number of carbonyl (C=O) groups is 1. The van der Waals surface area contributed by atoms with Gasteiger partial charge in [-0.1, -0.05) is 20.3 Å². The molecule has 0 aliphatic heterocycles. The molecule has 0 N–H and O–H groups in total. The summed E-state index contributed by atoms with van der Waals surface area (Å²) in [6.07, 6.45) is 2.81. The highest BCUT2D eigenvalue weighted by Gasteiger charge is 2.31. The lowest BCUT2D eigenvalue weighted by atomic mass is 9.83.